The molecule has 0 atom stereocenters. The Morgan fingerprint density at radius 2 is 1.76 bits per heavy atom. The Morgan fingerprint density at radius 3 is 2.34 bits per heavy atom. The third kappa shape index (κ3) is 4.42. The van der Waals surface area contributed by atoms with Gasteiger partial charge in [0.15, 0.2) is 5.17 Å². The summed E-state index contributed by atoms with van der Waals surface area (Å²) in [7, 11) is 0. The van der Waals surface area contributed by atoms with Crippen molar-refractivity contribution in [1.29, 1.82) is 0 Å². The first-order valence-corrected chi connectivity index (χ1v) is 11.1. The van der Waals surface area contributed by atoms with Crippen molar-refractivity contribution in [3.63, 3.8) is 0 Å². The molecule has 1 aliphatic heterocycles. The van der Waals surface area contributed by atoms with Gasteiger partial charge < -0.3 is 4.57 Å². The highest BCUT2D eigenvalue weighted by Crippen LogP contribution is 2.36. The van der Waals surface area contributed by atoms with E-state index in [9.17, 15) is 4.79 Å². The maximum atomic E-state index is 13.0. The molecule has 3 rings (SSSR count). The van der Waals surface area contributed by atoms with Crippen LogP contribution in [-0.4, -0.2) is 32.6 Å². The maximum absolute atomic E-state index is 13.0. The van der Waals surface area contributed by atoms with E-state index in [0.717, 1.165) is 27.8 Å². The standard InChI is InChI=1S/C22H25Cl2N3OS/c1-12(2)25-22-26(13(3)4)21(28)20(29-22)10-16-9-14(5)27(15(16)6)17-7-8-18(23)19(24)11-17/h7-13H,1-6H3/b20-10-,25-22?. The van der Waals surface area contributed by atoms with Gasteiger partial charge in [0.05, 0.1) is 15.0 Å². The van der Waals surface area contributed by atoms with E-state index in [4.69, 9.17) is 23.2 Å². The van der Waals surface area contributed by atoms with E-state index in [1.54, 1.807) is 11.0 Å². The molecule has 0 bridgehead atoms. The highest BCUT2D eigenvalue weighted by Gasteiger charge is 2.35. The highest BCUT2D eigenvalue weighted by atomic mass is 35.5. The number of rotatable bonds is 4. The summed E-state index contributed by atoms with van der Waals surface area (Å²) in [5, 5.41) is 1.81. The van der Waals surface area contributed by atoms with Gasteiger partial charge in [0.1, 0.15) is 0 Å². The van der Waals surface area contributed by atoms with Crippen LogP contribution in [0.15, 0.2) is 34.2 Å². The van der Waals surface area contributed by atoms with E-state index in [1.807, 2.05) is 59.8 Å². The second-order valence-electron chi connectivity index (χ2n) is 7.65. The summed E-state index contributed by atoms with van der Waals surface area (Å²) >= 11 is 13.7. The molecule has 0 spiro atoms. The van der Waals surface area contributed by atoms with Crippen molar-refractivity contribution >= 4 is 52.1 Å². The molecule has 1 amide bonds. The molecule has 0 N–H and O–H groups in total. The van der Waals surface area contributed by atoms with Crippen molar-refractivity contribution in [2.24, 2.45) is 4.99 Å². The lowest BCUT2D eigenvalue weighted by Crippen LogP contribution is -2.35. The summed E-state index contributed by atoms with van der Waals surface area (Å²) in [5.41, 5.74) is 4.03. The van der Waals surface area contributed by atoms with Crippen LogP contribution in [-0.2, 0) is 4.79 Å². The lowest BCUT2D eigenvalue weighted by molar-refractivity contribution is -0.123. The third-order valence-electron chi connectivity index (χ3n) is 4.64. The maximum Gasteiger partial charge on any atom is 0.266 e. The Morgan fingerprint density at radius 1 is 1.07 bits per heavy atom. The van der Waals surface area contributed by atoms with E-state index in [2.05, 4.69) is 15.6 Å². The number of amidine groups is 1. The van der Waals surface area contributed by atoms with E-state index in [-0.39, 0.29) is 18.0 Å². The van der Waals surface area contributed by atoms with Crippen molar-refractivity contribution in [2.75, 3.05) is 0 Å². The van der Waals surface area contributed by atoms with Crippen LogP contribution in [0.1, 0.15) is 44.6 Å². The number of hydrogen-bond donors (Lipinski definition) is 0. The van der Waals surface area contributed by atoms with Crippen LogP contribution in [0.25, 0.3) is 11.8 Å². The van der Waals surface area contributed by atoms with Crippen LogP contribution >= 0.6 is 35.0 Å². The van der Waals surface area contributed by atoms with E-state index in [1.165, 1.54) is 11.8 Å². The lowest BCUT2D eigenvalue weighted by atomic mass is 10.2. The van der Waals surface area contributed by atoms with Crippen LogP contribution in [0.2, 0.25) is 10.0 Å². The summed E-state index contributed by atoms with van der Waals surface area (Å²) in [6.07, 6.45) is 1.96. The van der Waals surface area contributed by atoms with Crippen molar-refractivity contribution < 1.29 is 4.79 Å². The first-order valence-electron chi connectivity index (χ1n) is 9.55. The molecule has 29 heavy (non-hydrogen) atoms. The Hall–Kier alpha value is -1.69. The van der Waals surface area contributed by atoms with E-state index in [0.29, 0.717) is 15.0 Å². The van der Waals surface area contributed by atoms with Crippen LogP contribution in [0.4, 0.5) is 0 Å². The molecule has 1 aliphatic rings. The zero-order valence-electron chi connectivity index (χ0n) is 17.5. The van der Waals surface area contributed by atoms with Gasteiger partial charge in [-0.3, -0.25) is 14.7 Å². The minimum absolute atomic E-state index is 0.00346. The van der Waals surface area contributed by atoms with Gasteiger partial charge in [-0.05, 0) is 89.2 Å². The Labute approximate surface area is 186 Å². The second-order valence-corrected chi connectivity index (χ2v) is 9.47. The molecule has 7 heteroatoms. The van der Waals surface area contributed by atoms with Gasteiger partial charge in [-0.15, -0.1) is 0 Å². The van der Waals surface area contributed by atoms with Crippen molar-refractivity contribution in [2.45, 2.75) is 53.6 Å². The molecule has 1 aromatic carbocycles. The van der Waals surface area contributed by atoms with E-state index >= 15 is 0 Å². The van der Waals surface area contributed by atoms with Crippen LogP contribution < -0.4 is 0 Å². The number of halogens is 2. The molecule has 1 saturated heterocycles. The normalized spacial score (nSPS) is 17.6. The van der Waals surface area contributed by atoms with Gasteiger partial charge in [0.2, 0.25) is 0 Å². The monoisotopic (exact) mass is 449 g/mol. The second kappa shape index (κ2) is 8.58. The number of thioether (sulfide) groups is 1. The fourth-order valence-corrected chi connectivity index (χ4v) is 4.87. The Kier molecular flexibility index (Phi) is 6.51. The lowest BCUT2D eigenvalue weighted by Gasteiger charge is -2.20. The molecule has 1 fully saturated rings. The molecule has 1 aromatic heterocycles. The molecule has 154 valence electrons. The van der Waals surface area contributed by atoms with Crippen LogP contribution in [0.5, 0.6) is 0 Å². The number of carbonyl (C=O) groups is 1. The quantitative estimate of drug-likeness (QED) is 0.500. The summed E-state index contributed by atoms with van der Waals surface area (Å²) in [6, 6.07) is 7.85. The van der Waals surface area contributed by atoms with Crippen LogP contribution in [0, 0.1) is 13.8 Å². The minimum atomic E-state index is 0.00346. The number of aliphatic imine (C=N–C) groups is 1. The molecule has 0 unspecified atom stereocenters. The molecular weight excluding hydrogens is 425 g/mol. The molecular formula is C22H25Cl2N3OS. The smallest absolute Gasteiger partial charge is 0.266 e. The van der Waals surface area contributed by atoms with Crippen molar-refractivity contribution in [3.8, 4) is 5.69 Å². The number of nitrogens with zero attached hydrogens (tertiary/aromatic N) is 3. The van der Waals surface area contributed by atoms with Gasteiger partial charge in [-0.1, -0.05) is 23.2 Å². The molecule has 0 radical (unpaired) electrons. The van der Waals surface area contributed by atoms with Gasteiger partial charge in [0.25, 0.3) is 5.91 Å². The number of aromatic nitrogens is 1. The number of carbonyl (C=O) groups excluding carboxylic acids is 1. The fourth-order valence-electron chi connectivity index (χ4n) is 3.35. The van der Waals surface area contributed by atoms with Gasteiger partial charge in [-0.2, -0.15) is 0 Å². The summed E-state index contributed by atoms with van der Waals surface area (Å²) in [6.45, 7) is 12.1. The van der Waals surface area contributed by atoms with Crippen molar-refractivity contribution in [3.05, 3.63) is 56.2 Å². The summed E-state index contributed by atoms with van der Waals surface area (Å²) in [4.78, 5) is 20.1. The van der Waals surface area contributed by atoms with Crippen LogP contribution in [0.3, 0.4) is 0 Å². The third-order valence-corrected chi connectivity index (χ3v) is 6.38. The molecule has 0 saturated carbocycles. The highest BCUT2D eigenvalue weighted by molar-refractivity contribution is 8.18. The minimum Gasteiger partial charge on any atom is -0.318 e. The van der Waals surface area contributed by atoms with Gasteiger partial charge >= 0.3 is 0 Å². The number of benzene rings is 1. The predicted octanol–water partition coefficient (Wildman–Crippen LogP) is 6.49. The average Bonchev–Trinajstić information content (AvgIpc) is 3.06. The first kappa shape index (κ1) is 22.0. The Balaban J connectivity index is 2.03. The fraction of sp³-hybridized carbons (Fsp3) is 0.364. The molecule has 0 aliphatic carbocycles. The SMILES string of the molecule is Cc1cc(/C=C2\SC(=NC(C)C)N(C(C)C)C2=O)c(C)n1-c1ccc(Cl)c(Cl)c1. The van der Waals surface area contributed by atoms with E-state index < -0.39 is 0 Å². The number of hydrogen-bond acceptors (Lipinski definition) is 3. The summed E-state index contributed by atoms with van der Waals surface area (Å²) < 4.78 is 2.11. The molecule has 2 aromatic rings. The Bertz CT molecular complexity index is 1020. The van der Waals surface area contributed by atoms with Crippen molar-refractivity contribution in [1.82, 2.24) is 9.47 Å². The molecule has 2 heterocycles. The average molecular weight is 450 g/mol. The number of aryl methyl sites for hydroxylation is 1. The first-order chi connectivity index (χ1) is 13.6. The molecule has 4 nitrogen and oxygen atoms in total. The van der Waals surface area contributed by atoms with Gasteiger partial charge in [0, 0.05) is 29.2 Å². The summed E-state index contributed by atoms with van der Waals surface area (Å²) in [5.74, 6) is 0.00346. The predicted molar refractivity (Wildman–Crippen MR) is 125 cm³/mol. The zero-order chi connectivity index (χ0) is 21.5. The number of amides is 1. The topological polar surface area (TPSA) is 37.6 Å². The zero-order valence-corrected chi connectivity index (χ0v) is 19.8. The van der Waals surface area contributed by atoms with Gasteiger partial charge in [-0.25, -0.2) is 0 Å². The largest absolute Gasteiger partial charge is 0.318 e.